The van der Waals surface area contributed by atoms with Crippen molar-refractivity contribution in [2.24, 2.45) is 0 Å². The van der Waals surface area contributed by atoms with E-state index < -0.39 is 0 Å². The van der Waals surface area contributed by atoms with E-state index in [1.54, 1.807) is 23.5 Å². The zero-order valence-corrected chi connectivity index (χ0v) is 16.4. The smallest absolute Gasteiger partial charge is 0.241 e. The number of hydrogen-bond donors (Lipinski definition) is 1. The molecule has 28 heavy (non-hydrogen) atoms. The molecule has 5 heteroatoms. The van der Waals surface area contributed by atoms with Gasteiger partial charge in [0.05, 0.1) is 6.04 Å². The first-order valence-electron chi connectivity index (χ1n) is 9.62. The van der Waals surface area contributed by atoms with Crippen molar-refractivity contribution >= 4 is 22.9 Å². The van der Waals surface area contributed by atoms with Crippen molar-refractivity contribution < 1.29 is 9.18 Å². The summed E-state index contributed by atoms with van der Waals surface area (Å²) in [5, 5.41) is 5.02. The molecule has 4 rings (SSSR count). The van der Waals surface area contributed by atoms with E-state index in [-0.39, 0.29) is 17.8 Å². The number of thiophene rings is 1. The number of piperidine rings is 1. The fourth-order valence-corrected chi connectivity index (χ4v) is 4.42. The van der Waals surface area contributed by atoms with Crippen molar-refractivity contribution in [1.82, 2.24) is 4.90 Å². The maximum absolute atomic E-state index is 13.1. The van der Waals surface area contributed by atoms with Gasteiger partial charge in [0.25, 0.3) is 0 Å². The molecule has 3 nitrogen and oxygen atoms in total. The Hall–Kier alpha value is -2.50. The lowest BCUT2D eigenvalue weighted by Crippen LogP contribution is -2.46. The summed E-state index contributed by atoms with van der Waals surface area (Å²) in [6.07, 6.45) is 3.00. The molecular weight excluding hydrogens is 371 g/mol. The van der Waals surface area contributed by atoms with Crippen LogP contribution in [0.25, 0.3) is 10.4 Å². The minimum absolute atomic E-state index is 0.0125. The molecule has 1 aliphatic heterocycles. The Morgan fingerprint density at radius 1 is 1.07 bits per heavy atom. The van der Waals surface area contributed by atoms with E-state index in [1.165, 1.54) is 28.1 Å². The summed E-state index contributed by atoms with van der Waals surface area (Å²) >= 11 is 1.74. The molecule has 1 aromatic heterocycles. The first-order valence-corrected chi connectivity index (χ1v) is 10.5. The van der Waals surface area contributed by atoms with Crippen LogP contribution in [0.5, 0.6) is 0 Å². The van der Waals surface area contributed by atoms with E-state index in [0.29, 0.717) is 5.69 Å². The van der Waals surface area contributed by atoms with E-state index in [1.807, 2.05) is 0 Å². The van der Waals surface area contributed by atoms with Crippen LogP contribution in [-0.4, -0.2) is 23.4 Å². The van der Waals surface area contributed by atoms with Crippen LogP contribution in [0, 0.1) is 5.82 Å². The lowest BCUT2D eigenvalue weighted by atomic mass is 10.00. The second kappa shape index (κ2) is 8.67. The van der Waals surface area contributed by atoms with Gasteiger partial charge in [0.1, 0.15) is 5.82 Å². The molecule has 1 atom stereocenters. The lowest BCUT2D eigenvalue weighted by Gasteiger charge is -2.34. The molecule has 1 aliphatic rings. The molecule has 144 valence electrons. The van der Waals surface area contributed by atoms with Crippen LogP contribution in [0.4, 0.5) is 10.1 Å². The third-order valence-corrected chi connectivity index (χ3v) is 6.09. The Morgan fingerprint density at radius 2 is 1.86 bits per heavy atom. The fourth-order valence-electron chi connectivity index (χ4n) is 3.69. The zero-order valence-electron chi connectivity index (χ0n) is 15.6. The van der Waals surface area contributed by atoms with Gasteiger partial charge in [0, 0.05) is 17.1 Å². The number of nitrogens with zero attached hydrogens (tertiary/aromatic N) is 1. The van der Waals surface area contributed by atoms with Crippen molar-refractivity contribution in [2.45, 2.75) is 31.8 Å². The average molecular weight is 395 g/mol. The molecule has 1 amide bonds. The predicted octanol–water partition coefficient (Wildman–Crippen LogP) is 5.55. The van der Waals surface area contributed by atoms with E-state index in [0.717, 1.165) is 32.4 Å². The summed E-state index contributed by atoms with van der Waals surface area (Å²) in [5.41, 5.74) is 3.07. The van der Waals surface area contributed by atoms with Crippen molar-refractivity contribution in [3.8, 4) is 10.4 Å². The van der Waals surface area contributed by atoms with E-state index in [4.69, 9.17) is 0 Å². The van der Waals surface area contributed by atoms with E-state index in [9.17, 15) is 9.18 Å². The average Bonchev–Trinajstić information content (AvgIpc) is 3.25. The number of carbonyl (C=O) groups excluding carboxylic acids is 1. The van der Waals surface area contributed by atoms with Crippen molar-refractivity contribution in [3.63, 3.8) is 0 Å². The molecule has 0 radical (unpaired) electrons. The highest BCUT2D eigenvalue weighted by molar-refractivity contribution is 7.13. The maximum Gasteiger partial charge on any atom is 0.241 e. The van der Waals surface area contributed by atoms with Crippen LogP contribution in [0.2, 0.25) is 0 Å². The highest BCUT2D eigenvalue weighted by atomic mass is 32.1. The van der Waals surface area contributed by atoms with Crippen LogP contribution in [0.3, 0.4) is 0 Å². The molecule has 0 spiro atoms. The highest BCUT2D eigenvalue weighted by Gasteiger charge is 2.28. The number of halogens is 1. The van der Waals surface area contributed by atoms with Gasteiger partial charge in [-0.25, -0.2) is 4.39 Å². The van der Waals surface area contributed by atoms with Gasteiger partial charge in [0.2, 0.25) is 5.91 Å². The van der Waals surface area contributed by atoms with Gasteiger partial charge in [-0.2, -0.15) is 0 Å². The zero-order chi connectivity index (χ0) is 19.3. The van der Waals surface area contributed by atoms with Gasteiger partial charge in [-0.15, -0.1) is 11.3 Å². The lowest BCUT2D eigenvalue weighted by molar-refractivity contribution is -0.122. The molecule has 1 N–H and O–H groups in total. The quantitative estimate of drug-likeness (QED) is 0.615. The second-order valence-electron chi connectivity index (χ2n) is 7.15. The second-order valence-corrected chi connectivity index (χ2v) is 8.10. The van der Waals surface area contributed by atoms with Crippen LogP contribution >= 0.6 is 11.3 Å². The minimum atomic E-state index is -0.303. The molecule has 0 bridgehead atoms. The Kier molecular flexibility index (Phi) is 5.84. The van der Waals surface area contributed by atoms with Crippen LogP contribution in [0.1, 0.15) is 24.8 Å². The fraction of sp³-hybridized carbons (Fsp3) is 0.261. The van der Waals surface area contributed by atoms with Crippen LogP contribution in [0.15, 0.2) is 66.0 Å². The van der Waals surface area contributed by atoms with Crippen molar-refractivity contribution in [3.05, 3.63) is 77.4 Å². The summed E-state index contributed by atoms with van der Waals surface area (Å²) < 4.78 is 13.1. The van der Waals surface area contributed by atoms with E-state index in [2.05, 4.69) is 52.0 Å². The maximum atomic E-state index is 13.1. The third-order valence-electron chi connectivity index (χ3n) is 5.17. The molecule has 0 saturated carbocycles. The predicted molar refractivity (Wildman–Crippen MR) is 113 cm³/mol. The summed E-state index contributed by atoms with van der Waals surface area (Å²) in [7, 11) is 0. The Bertz CT molecular complexity index is 907. The molecule has 1 fully saturated rings. The number of carbonyl (C=O) groups is 1. The van der Waals surface area contributed by atoms with Crippen molar-refractivity contribution in [2.75, 3.05) is 11.9 Å². The normalized spacial score (nSPS) is 17.4. The molecule has 2 aromatic carbocycles. The summed E-state index contributed by atoms with van der Waals surface area (Å²) in [6, 6.07) is 18.6. The summed E-state index contributed by atoms with van der Waals surface area (Å²) in [6.45, 7) is 1.67. The Balaban J connectivity index is 1.43. The highest BCUT2D eigenvalue weighted by Crippen LogP contribution is 2.26. The Morgan fingerprint density at radius 3 is 2.57 bits per heavy atom. The van der Waals surface area contributed by atoms with Gasteiger partial charge in [-0.3, -0.25) is 9.69 Å². The molecule has 2 heterocycles. The summed E-state index contributed by atoms with van der Waals surface area (Å²) in [4.78, 5) is 16.3. The number of hydrogen-bond acceptors (Lipinski definition) is 3. The monoisotopic (exact) mass is 394 g/mol. The SMILES string of the molecule is O=C(Nc1ccc(F)cc1)C1CCCCN1Cc1ccc(-c2cccs2)cc1. The van der Waals surface area contributed by atoms with Gasteiger partial charge in [-0.05, 0) is 66.2 Å². The third kappa shape index (κ3) is 4.49. The van der Waals surface area contributed by atoms with E-state index >= 15 is 0 Å². The van der Waals surface area contributed by atoms with Crippen LogP contribution < -0.4 is 5.32 Å². The molecule has 1 unspecified atom stereocenters. The number of likely N-dealkylation sites (tertiary alicyclic amines) is 1. The van der Waals surface area contributed by atoms with Crippen molar-refractivity contribution in [1.29, 1.82) is 0 Å². The van der Waals surface area contributed by atoms with Gasteiger partial charge < -0.3 is 5.32 Å². The Labute approximate surface area is 168 Å². The number of amides is 1. The molecule has 3 aromatic rings. The number of anilines is 1. The first kappa shape index (κ1) is 18.8. The summed E-state index contributed by atoms with van der Waals surface area (Å²) in [5.74, 6) is -0.315. The van der Waals surface area contributed by atoms with Crippen LogP contribution in [-0.2, 0) is 11.3 Å². The minimum Gasteiger partial charge on any atom is -0.325 e. The molecule has 0 aliphatic carbocycles. The number of benzene rings is 2. The standard InChI is InChI=1S/C23H23FN2OS/c24-19-10-12-20(13-11-19)25-23(27)21-4-1-2-14-26(21)16-17-6-8-18(9-7-17)22-5-3-15-28-22/h3,5-13,15,21H,1-2,4,14,16H2,(H,25,27). The number of rotatable bonds is 5. The van der Waals surface area contributed by atoms with Gasteiger partial charge >= 0.3 is 0 Å². The van der Waals surface area contributed by atoms with Gasteiger partial charge in [-0.1, -0.05) is 36.8 Å². The topological polar surface area (TPSA) is 32.3 Å². The number of nitrogens with one attached hydrogen (secondary N) is 1. The molecular formula is C23H23FN2OS. The first-order chi connectivity index (χ1) is 13.7. The molecule has 1 saturated heterocycles. The van der Waals surface area contributed by atoms with Gasteiger partial charge in [0.15, 0.2) is 0 Å². The largest absolute Gasteiger partial charge is 0.325 e.